The number of carboxylic acid groups (broad SMARTS) is 1. The standard InChI is InChI=1S/C9H10FNO2/c10-7-3-1-6(2-4-7)8(5-11)9(12)13/h1-4,8H,5,11H2,(H,12,13). The van der Waals surface area contributed by atoms with Gasteiger partial charge in [-0.3, -0.25) is 4.79 Å². The predicted molar refractivity (Wildman–Crippen MR) is 45.8 cm³/mol. The van der Waals surface area contributed by atoms with Gasteiger partial charge in [0, 0.05) is 6.54 Å². The van der Waals surface area contributed by atoms with Crippen LogP contribution < -0.4 is 5.73 Å². The van der Waals surface area contributed by atoms with Crippen LogP contribution >= 0.6 is 0 Å². The summed E-state index contributed by atoms with van der Waals surface area (Å²) in [5, 5.41) is 8.72. The largest absolute Gasteiger partial charge is 0.481 e. The Labute approximate surface area is 75.0 Å². The topological polar surface area (TPSA) is 63.3 Å². The molecule has 1 aromatic rings. The summed E-state index contributed by atoms with van der Waals surface area (Å²) in [6, 6.07) is 5.31. The molecule has 3 N–H and O–H groups in total. The van der Waals surface area contributed by atoms with Crippen molar-refractivity contribution in [2.45, 2.75) is 5.92 Å². The number of nitrogens with two attached hydrogens (primary N) is 1. The third kappa shape index (κ3) is 2.26. The molecule has 0 fully saturated rings. The maximum absolute atomic E-state index is 12.5. The van der Waals surface area contributed by atoms with Crippen LogP contribution in [0.1, 0.15) is 11.5 Å². The van der Waals surface area contributed by atoms with Gasteiger partial charge in [-0.15, -0.1) is 0 Å². The maximum Gasteiger partial charge on any atom is 0.312 e. The first-order valence-corrected chi connectivity index (χ1v) is 3.83. The first-order chi connectivity index (χ1) is 6.15. The van der Waals surface area contributed by atoms with Gasteiger partial charge in [0.15, 0.2) is 0 Å². The van der Waals surface area contributed by atoms with Crippen LogP contribution in [0.5, 0.6) is 0 Å². The predicted octanol–water partition coefficient (Wildman–Crippen LogP) is 0.953. The Morgan fingerprint density at radius 2 is 2.00 bits per heavy atom. The third-order valence-electron chi connectivity index (χ3n) is 1.81. The molecule has 3 nitrogen and oxygen atoms in total. The smallest absolute Gasteiger partial charge is 0.312 e. The maximum atomic E-state index is 12.5. The molecule has 0 heterocycles. The zero-order valence-corrected chi connectivity index (χ0v) is 6.90. The summed E-state index contributed by atoms with van der Waals surface area (Å²) in [7, 11) is 0. The summed E-state index contributed by atoms with van der Waals surface area (Å²) in [4.78, 5) is 10.6. The lowest BCUT2D eigenvalue weighted by Crippen LogP contribution is -2.20. The lowest BCUT2D eigenvalue weighted by Gasteiger charge is -2.08. The zero-order valence-electron chi connectivity index (χ0n) is 6.90. The molecule has 0 bridgehead atoms. The van der Waals surface area contributed by atoms with Crippen LogP contribution in [0.15, 0.2) is 24.3 Å². The average Bonchev–Trinajstić information content (AvgIpc) is 2.09. The fourth-order valence-electron chi connectivity index (χ4n) is 1.07. The number of carboxylic acids is 1. The summed E-state index contributed by atoms with van der Waals surface area (Å²) in [5.74, 6) is -2.13. The van der Waals surface area contributed by atoms with Gasteiger partial charge in [0.25, 0.3) is 0 Å². The molecule has 1 atom stereocenters. The van der Waals surface area contributed by atoms with Gasteiger partial charge in [0.2, 0.25) is 0 Å². The van der Waals surface area contributed by atoms with Crippen LogP contribution in [0.25, 0.3) is 0 Å². The number of rotatable bonds is 3. The van der Waals surface area contributed by atoms with E-state index in [1.54, 1.807) is 0 Å². The highest BCUT2D eigenvalue weighted by atomic mass is 19.1. The minimum Gasteiger partial charge on any atom is -0.481 e. The fourth-order valence-corrected chi connectivity index (χ4v) is 1.07. The monoisotopic (exact) mass is 183 g/mol. The van der Waals surface area contributed by atoms with Crippen molar-refractivity contribution in [1.29, 1.82) is 0 Å². The van der Waals surface area contributed by atoms with E-state index in [0.29, 0.717) is 5.56 Å². The summed E-state index contributed by atoms with van der Waals surface area (Å²) in [6.07, 6.45) is 0. The lowest BCUT2D eigenvalue weighted by molar-refractivity contribution is -0.138. The molecule has 0 amide bonds. The van der Waals surface area contributed by atoms with Crippen molar-refractivity contribution in [3.05, 3.63) is 35.6 Å². The Balaban J connectivity index is 2.92. The van der Waals surface area contributed by atoms with E-state index in [0.717, 1.165) is 0 Å². The van der Waals surface area contributed by atoms with Gasteiger partial charge in [0.05, 0.1) is 5.92 Å². The Morgan fingerprint density at radius 1 is 1.46 bits per heavy atom. The second-order valence-electron chi connectivity index (χ2n) is 2.68. The number of benzene rings is 1. The molecule has 0 saturated carbocycles. The van der Waals surface area contributed by atoms with E-state index < -0.39 is 11.9 Å². The summed E-state index contributed by atoms with van der Waals surface area (Å²) >= 11 is 0. The van der Waals surface area contributed by atoms with Gasteiger partial charge in [-0.05, 0) is 17.7 Å². The SMILES string of the molecule is NCC(C(=O)O)c1ccc(F)cc1. The van der Waals surface area contributed by atoms with Crippen LogP contribution in [0, 0.1) is 5.82 Å². The number of carbonyl (C=O) groups is 1. The molecule has 0 aliphatic heterocycles. The molecule has 0 aliphatic carbocycles. The Kier molecular flexibility index (Phi) is 2.97. The van der Waals surface area contributed by atoms with Gasteiger partial charge in [-0.2, -0.15) is 0 Å². The first-order valence-electron chi connectivity index (χ1n) is 3.83. The zero-order chi connectivity index (χ0) is 9.84. The number of aliphatic carboxylic acids is 1. The number of halogens is 1. The van der Waals surface area contributed by atoms with Gasteiger partial charge in [-0.1, -0.05) is 12.1 Å². The summed E-state index contributed by atoms with van der Waals surface area (Å²) < 4.78 is 12.5. The average molecular weight is 183 g/mol. The minimum atomic E-state index is -0.992. The van der Waals surface area contributed by atoms with Crippen LogP contribution in [0.4, 0.5) is 4.39 Å². The Hall–Kier alpha value is -1.42. The quantitative estimate of drug-likeness (QED) is 0.733. The molecule has 1 rings (SSSR count). The van der Waals surface area contributed by atoms with Crippen molar-refractivity contribution in [2.75, 3.05) is 6.54 Å². The van der Waals surface area contributed by atoms with E-state index in [1.165, 1.54) is 24.3 Å². The van der Waals surface area contributed by atoms with Gasteiger partial charge >= 0.3 is 5.97 Å². The first kappa shape index (κ1) is 9.67. The molecule has 0 aromatic heterocycles. The minimum absolute atomic E-state index is 0.0148. The van der Waals surface area contributed by atoms with Gasteiger partial charge < -0.3 is 10.8 Å². The van der Waals surface area contributed by atoms with E-state index in [4.69, 9.17) is 10.8 Å². The fraction of sp³-hybridized carbons (Fsp3) is 0.222. The van der Waals surface area contributed by atoms with Crippen LogP contribution in [0.2, 0.25) is 0 Å². The van der Waals surface area contributed by atoms with Crippen molar-refractivity contribution < 1.29 is 14.3 Å². The van der Waals surface area contributed by atoms with Crippen molar-refractivity contribution in [3.8, 4) is 0 Å². The van der Waals surface area contributed by atoms with Crippen molar-refractivity contribution in [3.63, 3.8) is 0 Å². The second-order valence-corrected chi connectivity index (χ2v) is 2.68. The van der Waals surface area contributed by atoms with E-state index in [9.17, 15) is 9.18 Å². The molecule has 0 saturated heterocycles. The molecular formula is C9H10FNO2. The van der Waals surface area contributed by atoms with Crippen LogP contribution in [0.3, 0.4) is 0 Å². The van der Waals surface area contributed by atoms with Gasteiger partial charge in [-0.25, -0.2) is 4.39 Å². The molecule has 1 unspecified atom stereocenters. The summed E-state index contributed by atoms with van der Waals surface area (Å²) in [5.41, 5.74) is 5.79. The van der Waals surface area contributed by atoms with Crippen molar-refractivity contribution in [2.24, 2.45) is 5.73 Å². The Morgan fingerprint density at radius 3 is 2.38 bits per heavy atom. The van der Waals surface area contributed by atoms with Crippen molar-refractivity contribution in [1.82, 2.24) is 0 Å². The molecule has 70 valence electrons. The van der Waals surface area contributed by atoms with E-state index >= 15 is 0 Å². The highest BCUT2D eigenvalue weighted by Gasteiger charge is 2.17. The highest BCUT2D eigenvalue weighted by Crippen LogP contribution is 2.14. The van der Waals surface area contributed by atoms with Gasteiger partial charge in [0.1, 0.15) is 5.82 Å². The highest BCUT2D eigenvalue weighted by molar-refractivity contribution is 5.76. The van der Waals surface area contributed by atoms with Crippen LogP contribution in [-0.4, -0.2) is 17.6 Å². The Bertz CT molecular complexity index is 297. The molecule has 0 aliphatic rings. The molecule has 1 aromatic carbocycles. The van der Waals surface area contributed by atoms with E-state index in [2.05, 4.69) is 0 Å². The van der Waals surface area contributed by atoms with Crippen molar-refractivity contribution >= 4 is 5.97 Å². The molecule has 0 radical (unpaired) electrons. The summed E-state index contributed by atoms with van der Waals surface area (Å²) in [6.45, 7) is 0.0148. The molecule has 13 heavy (non-hydrogen) atoms. The third-order valence-corrected chi connectivity index (χ3v) is 1.81. The number of hydrogen-bond donors (Lipinski definition) is 2. The molecular weight excluding hydrogens is 173 g/mol. The molecule has 4 heteroatoms. The van der Waals surface area contributed by atoms with E-state index in [-0.39, 0.29) is 12.4 Å². The number of hydrogen-bond acceptors (Lipinski definition) is 2. The normalized spacial score (nSPS) is 12.5. The molecule has 0 spiro atoms. The van der Waals surface area contributed by atoms with E-state index in [1.807, 2.05) is 0 Å². The lowest BCUT2D eigenvalue weighted by atomic mass is 10.00. The second kappa shape index (κ2) is 4.00. The van der Waals surface area contributed by atoms with Crippen LogP contribution in [-0.2, 0) is 4.79 Å².